The number of rotatable bonds is 4. The van der Waals surface area contributed by atoms with E-state index in [4.69, 9.17) is 5.73 Å². The summed E-state index contributed by atoms with van der Waals surface area (Å²) in [5.41, 5.74) is 5.29. The summed E-state index contributed by atoms with van der Waals surface area (Å²) in [6.45, 7) is -0.105. The molecule has 0 fully saturated rings. The first-order valence-corrected chi connectivity index (χ1v) is 6.10. The molecule has 0 aromatic carbocycles. The molecule has 0 spiro atoms. The third-order valence-electron chi connectivity index (χ3n) is 2.91. The highest BCUT2D eigenvalue weighted by molar-refractivity contribution is 5.88. The van der Waals surface area contributed by atoms with Crippen molar-refractivity contribution in [1.29, 1.82) is 0 Å². The van der Waals surface area contributed by atoms with Gasteiger partial charge in [0.2, 0.25) is 11.8 Å². The van der Waals surface area contributed by atoms with Gasteiger partial charge in [0.1, 0.15) is 6.04 Å². The Morgan fingerprint density at radius 3 is 2.78 bits per heavy atom. The molecule has 0 aromatic heterocycles. The van der Waals surface area contributed by atoms with Crippen LogP contribution < -0.4 is 11.1 Å². The third-order valence-corrected chi connectivity index (χ3v) is 2.91. The van der Waals surface area contributed by atoms with Crippen molar-refractivity contribution in [3.8, 4) is 0 Å². The third kappa shape index (κ3) is 4.00. The molecule has 3 N–H and O–H groups in total. The Hall–Kier alpha value is -1.62. The van der Waals surface area contributed by atoms with Gasteiger partial charge in [-0.3, -0.25) is 9.59 Å². The lowest BCUT2D eigenvalue weighted by molar-refractivity contribution is -0.135. The van der Waals surface area contributed by atoms with E-state index in [0.29, 0.717) is 0 Å². The second-order valence-corrected chi connectivity index (χ2v) is 4.54. The summed E-state index contributed by atoms with van der Waals surface area (Å²) >= 11 is 0. The topological polar surface area (TPSA) is 75.4 Å². The summed E-state index contributed by atoms with van der Waals surface area (Å²) in [4.78, 5) is 25.0. The average molecular weight is 251 g/mol. The van der Waals surface area contributed by atoms with Crippen molar-refractivity contribution in [3.63, 3.8) is 0 Å². The molecule has 0 aromatic rings. The second kappa shape index (κ2) is 6.96. The minimum Gasteiger partial charge on any atom is -0.347 e. The molecule has 0 saturated heterocycles. The maximum Gasteiger partial charge on any atom is 0.245 e. The monoisotopic (exact) mass is 251 g/mol. The van der Waals surface area contributed by atoms with Crippen molar-refractivity contribution in [1.82, 2.24) is 10.2 Å². The lowest BCUT2D eigenvalue weighted by Gasteiger charge is -2.27. The van der Waals surface area contributed by atoms with E-state index < -0.39 is 6.04 Å². The predicted molar refractivity (Wildman–Crippen MR) is 70.7 cm³/mol. The minimum absolute atomic E-state index is 0.00500. The molecule has 1 aliphatic carbocycles. The standard InChI is InChI=1S/C13H21N3O2/c1-16(2)13(18)12(15-11(17)9-14)10-7-5-3-4-6-8-10/h3-5,7,10,12H,6,8-9,14H2,1-2H3,(H,15,17). The van der Waals surface area contributed by atoms with Gasteiger partial charge in [0, 0.05) is 20.0 Å². The largest absolute Gasteiger partial charge is 0.347 e. The van der Waals surface area contributed by atoms with Crippen LogP contribution in [-0.4, -0.2) is 43.4 Å². The van der Waals surface area contributed by atoms with Gasteiger partial charge < -0.3 is 16.0 Å². The molecule has 100 valence electrons. The fourth-order valence-electron chi connectivity index (χ4n) is 1.91. The Balaban J connectivity index is 2.82. The van der Waals surface area contributed by atoms with Crippen LogP contribution >= 0.6 is 0 Å². The van der Waals surface area contributed by atoms with Crippen LogP contribution in [0.5, 0.6) is 0 Å². The molecule has 0 aliphatic heterocycles. The first kappa shape index (κ1) is 14.4. The van der Waals surface area contributed by atoms with Crippen LogP contribution in [0.3, 0.4) is 0 Å². The molecule has 5 heteroatoms. The molecule has 2 atom stereocenters. The van der Waals surface area contributed by atoms with E-state index in [0.717, 1.165) is 12.8 Å². The highest BCUT2D eigenvalue weighted by Gasteiger charge is 2.28. The van der Waals surface area contributed by atoms with Crippen molar-refractivity contribution in [2.24, 2.45) is 11.7 Å². The Kier molecular flexibility index (Phi) is 5.58. The fraction of sp³-hybridized carbons (Fsp3) is 0.538. The summed E-state index contributed by atoms with van der Waals surface area (Å²) in [6.07, 6.45) is 9.63. The van der Waals surface area contributed by atoms with E-state index in [-0.39, 0.29) is 24.3 Å². The van der Waals surface area contributed by atoms with E-state index >= 15 is 0 Å². The zero-order valence-corrected chi connectivity index (χ0v) is 10.9. The van der Waals surface area contributed by atoms with Crippen LogP contribution in [0.25, 0.3) is 0 Å². The molecule has 1 rings (SSSR count). The van der Waals surface area contributed by atoms with Crippen LogP contribution in [0.4, 0.5) is 0 Å². The summed E-state index contributed by atoms with van der Waals surface area (Å²) in [5.74, 6) is -0.403. The van der Waals surface area contributed by atoms with Crippen LogP contribution in [0.15, 0.2) is 24.3 Å². The van der Waals surface area contributed by atoms with Gasteiger partial charge in [-0.25, -0.2) is 0 Å². The number of nitrogens with one attached hydrogen (secondary N) is 1. The van der Waals surface area contributed by atoms with Gasteiger partial charge in [-0.2, -0.15) is 0 Å². The Morgan fingerprint density at radius 1 is 1.44 bits per heavy atom. The number of nitrogens with two attached hydrogens (primary N) is 1. The van der Waals surface area contributed by atoms with Gasteiger partial charge in [0.05, 0.1) is 6.54 Å². The molecule has 5 nitrogen and oxygen atoms in total. The molecule has 0 heterocycles. The second-order valence-electron chi connectivity index (χ2n) is 4.54. The zero-order valence-electron chi connectivity index (χ0n) is 10.9. The van der Waals surface area contributed by atoms with Crippen molar-refractivity contribution in [2.75, 3.05) is 20.6 Å². The molecule has 2 unspecified atom stereocenters. The fourth-order valence-corrected chi connectivity index (χ4v) is 1.91. The van der Waals surface area contributed by atoms with E-state index in [9.17, 15) is 9.59 Å². The Bertz CT molecular complexity index is 361. The van der Waals surface area contributed by atoms with Crippen molar-refractivity contribution < 1.29 is 9.59 Å². The first-order chi connectivity index (χ1) is 8.56. The number of carbonyl (C=O) groups is 2. The van der Waals surface area contributed by atoms with Crippen molar-refractivity contribution >= 4 is 11.8 Å². The number of hydrogen-bond donors (Lipinski definition) is 2. The number of allylic oxidation sites excluding steroid dienone is 3. The smallest absolute Gasteiger partial charge is 0.245 e. The van der Waals surface area contributed by atoms with Crippen LogP contribution in [0.2, 0.25) is 0 Å². The van der Waals surface area contributed by atoms with E-state index in [1.54, 1.807) is 14.1 Å². The van der Waals surface area contributed by atoms with Gasteiger partial charge in [-0.1, -0.05) is 24.3 Å². The van der Waals surface area contributed by atoms with Gasteiger partial charge in [0.15, 0.2) is 0 Å². The average Bonchev–Trinajstić information content (AvgIpc) is 2.63. The number of hydrogen-bond acceptors (Lipinski definition) is 3. The van der Waals surface area contributed by atoms with Crippen molar-refractivity contribution in [2.45, 2.75) is 18.9 Å². The minimum atomic E-state index is -0.535. The van der Waals surface area contributed by atoms with Crippen LogP contribution in [0, 0.1) is 5.92 Å². The summed E-state index contributed by atoms with van der Waals surface area (Å²) in [7, 11) is 3.37. The van der Waals surface area contributed by atoms with E-state index in [1.165, 1.54) is 4.90 Å². The number of carbonyl (C=O) groups excluding carboxylic acids is 2. The maximum atomic E-state index is 12.1. The lowest BCUT2D eigenvalue weighted by atomic mass is 9.93. The Morgan fingerprint density at radius 2 is 2.17 bits per heavy atom. The van der Waals surface area contributed by atoms with Gasteiger partial charge in [-0.15, -0.1) is 0 Å². The maximum absolute atomic E-state index is 12.1. The normalized spacial score (nSPS) is 20.1. The SMILES string of the molecule is CN(C)C(=O)C(NC(=O)CN)C1C=CC=CCC1. The molecule has 0 radical (unpaired) electrons. The van der Waals surface area contributed by atoms with Crippen molar-refractivity contribution in [3.05, 3.63) is 24.3 Å². The number of nitrogens with zero attached hydrogens (tertiary/aromatic N) is 1. The summed E-state index contributed by atoms with van der Waals surface area (Å²) in [5, 5.41) is 2.71. The molecule has 0 bridgehead atoms. The molecule has 1 aliphatic rings. The summed E-state index contributed by atoms with van der Waals surface area (Å²) in [6, 6.07) is -0.535. The van der Waals surface area contributed by atoms with E-state index in [2.05, 4.69) is 11.4 Å². The highest BCUT2D eigenvalue weighted by Crippen LogP contribution is 2.18. The van der Waals surface area contributed by atoms with Gasteiger partial charge in [-0.05, 0) is 12.8 Å². The Labute approximate surface area is 108 Å². The highest BCUT2D eigenvalue weighted by atomic mass is 16.2. The van der Waals surface area contributed by atoms with E-state index in [1.807, 2.05) is 18.2 Å². The molecule has 18 heavy (non-hydrogen) atoms. The molecular weight excluding hydrogens is 230 g/mol. The van der Waals surface area contributed by atoms with Gasteiger partial charge >= 0.3 is 0 Å². The number of likely N-dealkylation sites (N-methyl/N-ethyl adjacent to an activating group) is 1. The molecular formula is C13H21N3O2. The molecule has 2 amide bonds. The zero-order chi connectivity index (χ0) is 13.5. The quantitative estimate of drug-likeness (QED) is 0.741. The van der Waals surface area contributed by atoms with Crippen LogP contribution in [0.1, 0.15) is 12.8 Å². The lowest BCUT2D eigenvalue weighted by Crippen LogP contribution is -2.51. The first-order valence-electron chi connectivity index (χ1n) is 6.10. The summed E-state index contributed by atoms with van der Waals surface area (Å²) < 4.78 is 0. The van der Waals surface area contributed by atoms with Crippen LogP contribution in [-0.2, 0) is 9.59 Å². The number of amides is 2. The predicted octanol–water partition coefficient (Wildman–Crippen LogP) is 0.0405. The molecule has 0 saturated carbocycles. The van der Waals surface area contributed by atoms with Gasteiger partial charge in [0.25, 0.3) is 0 Å².